The molecule has 1 aromatic heterocycles. The molecule has 0 spiro atoms. The van der Waals surface area contributed by atoms with Gasteiger partial charge in [0, 0.05) is 23.9 Å². The average molecular weight is 405 g/mol. The Morgan fingerprint density at radius 1 is 1.33 bits per heavy atom. The van der Waals surface area contributed by atoms with E-state index < -0.39 is 0 Å². The maximum Gasteiger partial charge on any atom is 0.231 e. The Bertz CT molecular complexity index is 806. The van der Waals surface area contributed by atoms with Gasteiger partial charge in [0.1, 0.15) is 0 Å². The molecule has 2 amide bonds. The number of benzene rings is 1. The van der Waals surface area contributed by atoms with Gasteiger partial charge in [-0.2, -0.15) is 0 Å². The van der Waals surface area contributed by atoms with Crippen LogP contribution in [0.25, 0.3) is 0 Å². The van der Waals surface area contributed by atoms with Crippen LogP contribution in [0.3, 0.4) is 0 Å². The molecule has 0 unspecified atom stereocenters. The molecule has 0 bridgehead atoms. The van der Waals surface area contributed by atoms with Crippen LogP contribution in [0, 0.1) is 5.92 Å². The second-order valence-corrected chi connectivity index (χ2v) is 9.29. The highest BCUT2D eigenvalue weighted by Gasteiger charge is 2.35. The fourth-order valence-corrected chi connectivity index (χ4v) is 4.82. The number of nitrogens with one attached hydrogen (secondary N) is 1. The summed E-state index contributed by atoms with van der Waals surface area (Å²) in [6, 6.07) is 7.93. The van der Waals surface area contributed by atoms with Gasteiger partial charge in [0.05, 0.1) is 5.92 Å². The SMILES string of the molecule is CCc1ccc(N2C[C@@H](C(=O)Nc3nnc(S[C@@H](C)CC)s3)CC2=O)cc1. The minimum absolute atomic E-state index is 0.0234. The van der Waals surface area contributed by atoms with Crippen molar-refractivity contribution in [3.8, 4) is 0 Å². The minimum Gasteiger partial charge on any atom is -0.312 e. The summed E-state index contributed by atoms with van der Waals surface area (Å²) in [7, 11) is 0. The first-order valence-corrected chi connectivity index (χ1v) is 10.9. The molecule has 2 heterocycles. The molecule has 0 aliphatic carbocycles. The van der Waals surface area contributed by atoms with Crippen LogP contribution < -0.4 is 10.2 Å². The summed E-state index contributed by atoms with van der Waals surface area (Å²) >= 11 is 3.03. The van der Waals surface area contributed by atoms with E-state index in [2.05, 4.69) is 36.3 Å². The standard InChI is InChI=1S/C19H24N4O2S2/c1-4-12(3)26-19-22-21-18(27-19)20-17(25)14-10-16(24)23(11-14)15-8-6-13(5-2)7-9-15/h6-9,12,14H,4-5,10-11H2,1-3H3,(H,20,21,25)/t12-,14-/m0/s1. The summed E-state index contributed by atoms with van der Waals surface area (Å²) in [4.78, 5) is 26.6. The van der Waals surface area contributed by atoms with Crippen LogP contribution in [0.2, 0.25) is 0 Å². The first-order chi connectivity index (χ1) is 13.0. The lowest BCUT2D eigenvalue weighted by Crippen LogP contribution is -2.28. The van der Waals surface area contributed by atoms with Crippen molar-refractivity contribution in [3.63, 3.8) is 0 Å². The Balaban J connectivity index is 1.60. The zero-order valence-electron chi connectivity index (χ0n) is 15.8. The van der Waals surface area contributed by atoms with Crippen molar-refractivity contribution in [2.24, 2.45) is 5.92 Å². The van der Waals surface area contributed by atoms with Crippen molar-refractivity contribution in [1.29, 1.82) is 0 Å². The molecule has 2 aromatic rings. The molecule has 1 aromatic carbocycles. The van der Waals surface area contributed by atoms with Crippen LogP contribution in [0.4, 0.5) is 10.8 Å². The van der Waals surface area contributed by atoms with Crippen molar-refractivity contribution >= 4 is 45.7 Å². The van der Waals surface area contributed by atoms with E-state index in [9.17, 15) is 9.59 Å². The summed E-state index contributed by atoms with van der Waals surface area (Å²) < 4.78 is 0.847. The van der Waals surface area contributed by atoms with Crippen LogP contribution in [0.5, 0.6) is 0 Å². The Morgan fingerprint density at radius 3 is 2.74 bits per heavy atom. The number of anilines is 2. The van der Waals surface area contributed by atoms with E-state index in [0.29, 0.717) is 16.9 Å². The molecule has 1 aliphatic rings. The molecule has 1 fully saturated rings. The number of aryl methyl sites for hydroxylation is 1. The van der Waals surface area contributed by atoms with E-state index in [1.165, 1.54) is 16.9 Å². The van der Waals surface area contributed by atoms with Gasteiger partial charge in [-0.15, -0.1) is 10.2 Å². The summed E-state index contributed by atoms with van der Waals surface area (Å²) in [5.74, 6) is -0.574. The van der Waals surface area contributed by atoms with Crippen molar-refractivity contribution in [3.05, 3.63) is 29.8 Å². The van der Waals surface area contributed by atoms with Gasteiger partial charge < -0.3 is 10.2 Å². The third-order valence-corrected chi connectivity index (χ3v) is 6.86. The van der Waals surface area contributed by atoms with E-state index >= 15 is 0 Å². The van der Waals surface area contributed by atoms with Crippen molar-refractivity contribution in [1.82, 2.24) is 10.2 Å². The van der Waals surface area contributed by atoms with Gasteiger partial charge in [0.15, 0.2) is 4.34 Å². The van der Waals surface area contributed by atoms with Crippen molar-refractivity contribution < 1.29 is 9.59 Å². The van der Waals surface area contributed by atoms with Crippen LogP contribution in [-0.4, -0.2) is 33.8 Å². The van der Waals surface area contributed by atoms with Gasteiger partial charge in [-0.3, -0.25) is 9.59 Å². The summed E-state index contributed by atoms with van der Waals surface area (Å²) in [6.45, 7) is 6.75. The quantitative estimate of drug-likeness (QED) is 0.558. The van der Waals surface area contributed by atoms with Crippen LogP contribution in [-0.2, 0) is 16.0 Å². The lowest BCUT2D eigenvalue weighted by Gasteiger charge is -2.17. The molecule has 0 radical (unpaired) electrons. The highest BCUT2D eigenvalue weighted by molar-refractivity contribution is 8.01. The number of nitrogens with zero attached hydrogens (tertiary/aromatic N) is 3. The van der Waals surface area contributed by atoms with Crippen LogP contribution in [0.15, 0.2) is 28.6 Å². The largest absolute Gasteiger partial charge is 0.312 e. The monoisotopic (exact) mass is 404 g/mol. The lowest BCUT2D eigenvalue weighted by atomic mass is 10.1. The number of amides is 2. The van der Waals surface area contributed by atoms with Crippen molar-refractivity contribution in [2.45, 2.75) is 49.6 Å². The first-order valence-electron chi connectivity index (χ1n) is 9.20. The number of carbonyl (C=O) groups is 2. The van der Waals surface area contributed by atoms with E-state index in [1.54, 1.807) is 16.7 Å². The first kappa shape index (κ1) is 19.8. The zero-order chi connectivity index (χ0) is 19.4. The molecule has 1 N–H and O–H groups in total. The molecule has 2 atom stereocenters. The predicted molar refractivity (Wildman–Crippen MR) is 110 cm³/mol. The molecule has 3 rings (SSSR count). The molecule has 8 heteroatoms. The molecular weight excluding hydrogens is 380 g/mol. The molecule has 144 valence electrons. The molecule has 1 aliphatic heterocycles. The highest BCUT2D eigenvalue weighted by atomic mass is 32.2. The summed E-state index contributed by atoms with van der Waals surface area (Å²) in [5, 5.41) is 11.9. The smallest absolute Gasteiger partial charge is 0.231 e. The number of rotatable bonds is 7. The molecular formula is C19H24N4O2S2. The molecule has 6 nitrogen and oxygen atoms in total. The number of aromatic nitrogens is 2. The van der Waals surface area contributed by atoms with Gasteiger partial charge in [0.25, 0.3) is 0 Å². The van der Waals surface area contributed by atoms with Gasteiger partial charge in [-0.1, -0.05) is 56.0 Å². The lowest BCUT2D eigenvalue weighted by molar-refractivity contribution is -0.122. The summed E-state index contributed by atoms with van der Waals surface area (Å²) in [6.07, 6.45) is 2.22. The van der Waals surface area contributed by atoms with E-state index in [1.807, 2.05) is 24.3 Å². The van der Waals surface area contributed by atoms with Gasteiger partial charge >= 0.3 is 0 Å². The highest BCUT2D eigenvalue weighted by Crippen LogP contribution is 2.31. The third kappa shape index (κ3) is 4.87. The Kier molecular flexibility index (Phi) is 6.49. The number of carbonyl (C=O) groups excluding carboxylic acids is 2. The molecule has 0 saturated carbocycles. The normalized spacial score (nSPS) is 18.0. The minimum atomic E-state index is -0.377. The maximum absolute atomic E-state index is 12.6. The fourth-order valence-electron chi connectivity index (χ4n) is 2.82. The van der Waals surface area contributed by atoms with E-state index in [4.69, 9.17) is 0 Å². The van der Waals surface area contributed by atoms with E-state index in [0.717, 1.165) is 22.9 Å². The predicted octanol–water partition coefficient (Wildman–Crippen LogP) is 3.98. The Hall–Kier alpha value is -1.93. The second-order valence-electron chi connectivity index (χ2n) is 6.62. The molecule has 27 heavy (non-hydrogen) atoms. The van der Waals surface area contributed by atoms with Crippen LogP contribution in [0.1, 0.15) is 39.2 Å². The number of hydrogen-bond donors (Lipinski definition) is 1. The fraction of sp³-hybridized carbons (Fsp3) is 0.474. The topological polar surface area (TPSA) is 75.2 Å². The Labute approximate surface area is 167 Å². The number of hydrogen-bond acceptors (Lipinski definition) is 6. The third-order valence-electron chi connectivity index (χ3n) is 4.67. The van der Waals surface area contributed by atoms with Gasteiger partial charge in [-0.25, -0.2) is 0 Å². The van der Waals surface area contributed by atoms with Crippen molar-refractivity contribution in [2.75, 3.05) is 16.8 Å². The zero-order valence-corrected chi connectivity index (χ0v) is 17.4. The van der Waals surface area contributed by atoms with E-state index in [-0.39, 0.29) is 24.2 Å². The van der Waals surface area contributed by atoms with Gasteiger partial charge in [0.2, 0.25) is 16.9 Å². The second kappa shape index (κ2) is 8.84. The van der Waals surface area contributed by atoms with Crippen LogP contribution >= 0.6 is 23.1 Å². The Morgan fingerprint density at radius 2 is 2.07 bits per heavy atom. The maximum atomic E-state index is 12.6. The average Bonchev–Trinajstić information content (AvgIpc) is 3.28. The number of thioether (sulfide) groups is 1. The van der Waals surface area contributed by atoms with Gasteiger partial charge in [-0.05, 0) is 30.5 Å². The molecule has 1 saturated heterocycles. The summed E-state index contributed by atoms with van der Waals surface area (Å²) in [5.41, 5.74) is 2.07.